The van der Waals surface area contributed by atoms with Crippen molar-refractivity contribution in [3.63, 3.8) is 0 Å². The van der Waals surface area contributed by atoms with Gasteiger partial charge in [0.2, 0.25) is 0 Å². The van der Waals surface area contributed by atoms with Gasteiger partial charge in [-0.05, 0) is 48.1 Å². The average Bonchev–Trinajstić information content (AvgIpc) is 3.57. The van der Waals surface area contributed by atoms with Crippen molar-refractivity contribution in [2.24, 2.45) is 5.73 Å². The molecule has 0 aliphatic heterocycles. The maximum atomic E-state index is 13.8. The number of benzene rings is 1. The molecular formula is C23H24ClN5O4S. The maximum Gasteiger partial charge on any atom is 0.270 e. The number of hydrogen-bond acceptors (Lipinski definition) is 7. The SMILES string of the molecule is NC(=O)c1nsc(C(=O)N(Cc2ccccc2Cl)C(C(=O)NC2CCCC2)c2ccco2)c1N. The van der Waals surface area contributed by atoms with E-state index in [1.807, 2.05) is 0 Å². The van der Waals surface area contributed by atoms with Gasteiger partial charge in [-0.25, -0.2) is 0 Å². The van der Waals surface area contributed by atoms with Crippen LogP contribution < -0.4 is 16.8 Å². The number of rotatable bonds is 8. The van der Waals surface area contributed by atoms with Crippen molar-refractivity contribution in [2.75, 3.05) is 5.73 Å². The standard InChI is InChI=1S/C23H24ClN5O4S/c24-15-9-4-1-6-13(15)12-29(23(32)20-17(25)18(21(26)30)28-34-20)19(16-10-5-11-33-16)22(31)27-14-7-2-3-8-14/h1,4-6,9-11,14,19H,2-3,7-8,12,25H2,(H2,26,30)(H,27,31). The van der Waals surface area contributed by atoms with Crippen LogP contribution in [0.15, 0.2) is 47.1 Å². The number of nitrogens with zero attached hydrogens (tertiary/aromatic N) is 2. The molecule has 1 atom stereocenters. The summed E-state index contributed by atoms with van der Waals surface area (Å²) in [5, 5.41) is 3.48. The highest BCUT2D eigenvalue weighted by Crippen LogP contribution is 2.32. The van der Waals surface area contributed by atoms with Gasteiger partial charge < -0.3 is 26.1 Å². The minimum atomic E-state index is -1.10. The number of amides is 3. The topological polar surface area (TPSA) is 145 Å². The minimum absolute atomic E-state index is 0.00563. The number of nitrogen functional groups attached to an aromatic ring is 1. The van der Waals surface area contributed by atoms with Crippen molar-refractivity contribution in [1.29, 1.82) is 0 Å². The van der Waals surface area contributed by atoms with Crippen molar-refractivity contribution >= 4 is 46.5 Å². The lowest BCUT2D eigenvalue weighted by atomic mass is 10.1. The van der Waals surface area contributed by atoms with Crippen molar-refractivity contribution < 1.29 is 18.8 Å². The van der Waals surface area contributed by atoms with Gasteiger partial charge >= 0.3 is 0 Å². The van der Waals surface area contributed by atoms with E-state index in [1.165, 1.54) is 11.2 Å². The number of hydrogen-bond donors (Lipinski definition) is 3. The lowest BCUT2D eigenvalue weighted by Crippen LogP contribution is -2.45. The van der Waals surface area contributed by atoms with Gasteiger partial charge in [0.1, 0.15) is 10.6 Å². The lowest BCUT2D eigenvalue weighted by molar-refractivity contribution is -0.127. The Morgan fingerprint density at radius 3 is 2.56 bits per heavy atom. The average molecular weight is 502 g/mol. The summed E-state index contributed by atoms with van der Waals surface area (Å²) in [5.41, 5.74) is 11.7. The molecule has 0 spiro atoms. The maximum absolute atomic E-state index is 13.8. The Morgan fingerprint density at radius 2 is 1.94 bits per heavy atom. The number of carbonyl (C=O) groups excluding carboxylic acids is 3. The molecule has 3 aromatic rings. The van der Waals surface area contributed by atoms with Gasteiger partial charge in [-0.15, -0.1) is 0 Å². The Balaban J connectivity index is 1.77. The number of carbonyl (C=O) groups is 3. The van der Waals surface area contributed by atoms with Crippen LogP contribution in [0.4, 0.5) is 5.69 Å². The van der Waals surface area contributed by atoms with E-state index >= 15 is 0 Å². The van der Waals surface area contributed by atoms with E-state index in [-0.39, 0.29) is 40.5 Å². The zero-order valence-corrected chi connectivity index (χ0v) is 19.8. The molecule has 1 fully saturated rings. The highest BCUT2D eigenvalue weighted by molar-refractivity contribution is 7.09. The molecule has 0 radical (unpaired) electrons. The largest absolute Gasteiger partial charge is 0.467 e. The van der Waals surface area contributed by atoms with E-state index in [2.05, 4.69) is 9.69 Å². The van der Waals surface area contributed by atoms with E-state index in [0.29, 0.717) is 10.6 Å². The fourth-order valence-corrected chi connectivity index (χ4v) is 5.03. The second-order valence-electron chi connectivity index (χ2n) is 8.07. The fraction of sp³-hybridized carbons (Fsp3) is 0.304. The van der Waals surface area contributed by atoms with E-state index in [4.69, 9.17) is 27.5 Å². The molecule has 9 nitrogen and oxygen atoms in total. The van der Waals surface area contributed by atoms with Crippen LogP contribution in [0.5, 0.6) is 0 Å². The summed E-state index contributed by atoms with van der Waals surface area (Å²) in [4.78, 5) is 40.3. The van der Waals surface area contributed by atoms with Crippen LogP contribution >= 0.6 is 23.1 Å². The van der Waals surface area contributed by atoms with Gasteiger partial charge in [0, 0.05) is 17.6 Å². The molecule has 2 heterocycles. The normalized spacial score (nSPS) is 14.6. The van der Waals surface area contributed by atoms with Gasteiger partial charge in [-0.3, -0.25) is 14.4 Å². The summed E-state index contributed by atoms with van der Waals surface area (Å²) in [5.74, 6) is -1.52. The number of nitrogens with two attached hydrogens (primary N) is 2. The predicted octanol–water partition coefficient (Wildman–Crippen LogP) is 3.51. The van der Waals surface area contributed by atoms with Crippen LogP contribution in [-0.2, 0) is 11.3 Å². The van der Waals surface area contributed by atoms with Crippen LogP contribution in [-0.4, -0.2) is 33.0 Å². The fourth-order valence-electron chi connectivity index (χ4n) is 4.07. The number of furan rings is 1. The first-order valence-corrected chi connectivity index (χ1v) is 11.9. The summed E-state index contributed by atoms with van der Waals surface area (Å²) >= 11 is 7.14. The monoisotopic (exact) mass is 501 g/mol. The smallest absolute Gasteiger partial charge is 0.270 e. The van der Waals surface area contributed by atoms with Gasteiger partial charge in [0.25, 0.3) is 17.7 Å². The molecule has 1 unspecified atom stereocenters. The number of nitrogens with one attached hydrogen (secondary N) is 1. The first kappa shape index (κ1) is 23.8. The Hall–Kier alpha value is -3.37. The second-order valence-corrected chi connectivity index (χ2v) is 9.25. The molecule has 34 heavy (non-hydrogen) atoms. The Kier molecular flexibility index (Phi) is 7.18. The summed E-state index contributed by atoms with van der Waals surface area (Å²) in [6, 6.07) is 9.24. The Labute approximate surface area is 205 Å². The molecule has 178 valence electrons. The van der Waals surface area contributed by atoms with E-state index in [9.17, 15) is 14.4 Å². The molecule has 11 heteroatoms. The summed E-state index contributed by atoms with van der Waals surface area (Å²) < 4.78 is 9.52. The van der Waals surface area contributed by atoms with Crippen molar-refractivity contribution in [2.45, 2.75) is 44.3 Å². The first-order chi connectivity index (χ1) is 16.4. The number of halogens is 1. The third-order valence-electron chi connectivity index (χ3n) is 5.79. The summed E-state index contributed by atoms with van der Waals surface area (Å²) in [6.07, 6.45) is 5.26. The predicted molar refractivity (Wildman–Crippen MR) is 128 cm³/mol. The molecule has 1 saturated carbocycles. The summed E-state index contributed by atoms with van der Waals surface area (Å²) in [6.45, 7) is -0.00873. The summed E-state index contributed by atoms with van der Waals surface area (Å²) in [7, 11) is 0. The third-order valence-corrected chi connectivity index (χ3v) is 7.01. The van der Waals surface area contributed by atoms with Crippen LogP contribution in [0, 0.1) is 0 Å². The highest BCUT2D eigenvalue weighted by Gasteiger charge is 2.37. The highest BCUT2D eigenvalue weighted by atomic mass is 35.5. The molecule has 1 aliphatic rings. The van der Waals surface area contributed by atoms with Gasteiger partial charge in [-0.2, -0.15) is 4.37 Å². The molecule has 0 bridgehead atoms. The van der Waals surface area contributed by atoms with Crippen LogP contribution in [0.1, 0.15) is 63.2 Å². The molecule has 1 aliphatic carbocycles. The number of primary amides is 1. The number of aromatic nitrogens is 1. The number of anilines is 1. The molecule has 1 aromatic carbocycles. The Morgan fingerprint density at radius 1 is 1.21 bits per heavy atom. The van der Waals surface area contributed by atoms with Gasteiger partial charge in [0.05, 0.1) is 12.0 Å². The Bertz CT molecular complexity index is 1190. The molecule has 4 rings (SSSR count). The van der Waals surface area contributed by atoms with Crippen molar-refractivity contribution in [1.82, 2.24) is 14.6 Å². The first-order valence-electron chi connectivity index (χ1n) is 10.8. The van der Waals surface area contributed by atoms with Crippen molar-refractivity contribution in [3.8, 4) is 0 Å². The van der Waals surface area contributed by atoms with E-state index < -0.39 is 17.9 Å². The van der Waals surface area contributed by atoms with Crippen LogP contribution in [0.3, 0.4) is 0 Å². The minimum Gasteiger partial charge on any atom is -0.467 e. The molecule has 2 aromatic heterocycles. The zero-order chi connectivity index (χ0) is 24.2. The quantitative estimate of drug-likeness (QED) is 0.430. The zero-order valence-electron chi connectivity index (χ0n) is 18.2. The van der Waals surface area contributed by atoms with E-state index in [0.717, 1.165) is 37.2 Å². The van der Waals surface area contributed by atoms with Gasteiger partial charge in [0.15, 0.2) is 11.7 Å². The van der Waals surface area contributed by atoms with Crippen molar-refractivity contribution in [3.05, 3.63) is 69.6 Å². The molecule has 3 amide bonds. The van der Waals surface area contributed by atoms with E-state index in [1.54, 1.807) is 36.4 Å². The van der Waals surface area contributed by atoms with Gasteiger partial charge in [-0.1, -0.05) is 42.6 Å². The second kappa shape index (κ2) is 10.3. The van der Waals surface area contributed by atoms with Crippen LogP contribution in [0.2, 0.25) is 5.02 Å². The van der Waals surface area contributed by atoms with Crippen LogP contribution in [0.25, 0.3) is 0 Å². The molecular weight excluding hydrogens is 478 g/mol. The molecule has 0 saturated heterocycles. The lowest BCUT2D eigenvalue weighted by Gasteiger charge is -2.30. The third kappa shape index (κ3) is 4.92. The molecule has 5 N–H and O–H groups in total.